The van der Waals surface area contributed by atoms with E-state index < -0.39 is 0 Å². The minimum Gasteiger partial charge on any atom is -0.459 e. The molecule has 7 nitrogen and oxygen atoms in total. The monoisotopic (exact) mass is 431 g/mol. The SMILES string of the molecule is O=C(NCc1ccnc(Oc2ccc(F)cc2)c1)c1ccc(NC(=O)c2ccco2)cc1. The molecule has 0 fully saturated rings. The molecule has 0 aliphatic rings. The molecule has 4 aromatic rings. The Kier molecular flexibility index (Phi) is 6.22. The average Bonchev–Trinajstić information content (AvgIpc) is 3.35. The fraction of sp³-hybridized carbons (Fsp3) is 0.0417. The van der Waals surface area contributed by atoms with E-state index in [0.717, 1.165) is 5.56 Å². The molecule has 0 radical (unpaired) electrons. The van der Waals surface area contributed by atoms with Gasteiger partial charge in [0.25, 0.3) is 11.8 Å². The van der Waals surface area contributed by atoms with Crippen LogP contribution >= 0.6 is 0 Å². The maximum Gasteiger partial charge on any atom is 0.291 e. The van der Waals surface area contributed by atoms with Crippen LogP contribution in [0.5, 0.6) is 11.6 Å². The Morgan fingerprint density at radius 2 is 1.75 bits per heavy atom. The molecule has 32 heavy (non-hydrogen) atoms. The standard InChI is InChI=1S/C24H18FN3O4/c25-18-5-9-20(10-6-18)32-22-14-16(11-12-26-22)15-27-23(29)17-3-7-19(8-4-17)28-24(30)21-2-1-13-31-21/h1-14H,15H2,(H,27,29)(H,28,30). The number of amides is 2. The number of pyridine rings is 1. The van der Waals surface area contributed by atoms with Gasteiger partial charge in [0.15, 0.2) is 5.76 Å². The molecular weight excluding hydrogens is 413 g/mol. The maximum absolute atomic E-state index is 13.0. The molecule has 0 bridgehead atoms. The van der Waals surface area contributed by atoms with Gasteiger partial charge in [-0.1, -0.05) is 0 Å². The zero-order valence-corrected chi connectivity index (χ0v) is 16.7. The van der Waals surface area contributed by atoms with E-state index in [-0.39, 0.29) is 29.9 Å². The highest BCUT2D eigenvalue weighted by molar-refractivity contribution is 6.02. The van der Waals surface area contributed by atoms with Crippen LogP contribution in [-0.2, 0) is 6.54 Å². The third kappa shape index (κ3) is 5.37. The summed E-state index contributed by atoms with van der Waals surface area (Å²) in [6.45, 7) is 0.262. The molecule has 0 atom stereocenters. The molecule has 2 amide bonds. The van der Waals surface area contributed by atoms with Crippen LogP contribution in [0.3, 0.4) is 0 Å². The zero-order chi connectivity index (χ0) is 22.3. The first-order valence-electron chi connectivity index (χ1n) is 9.68. The van der Waals surface area contributed by atoms with E-state index in [1.165, 1.54) is 30.5 Å². The van der Waals surface area contributed by atoms with Gasteiger partial charge in [-0.05, 0) is 72.3 Å². The zero-order valence-electron chi connectivity index (χ0n) is 16.7. The number of rotatable bonds is 7. The lowest BCUT2D eigenvalue weighted by atomic mass is 10.2. The third-order valence-electron chi connectivity index (χ3n) is 4.44. The lowest BCUT2D eigenvalue weighted by Gasteiger charge is -2.09. The number of carbonyl (C=O) groups is 2. The minimum absolute atomic E-state index is 0.201. The van der Waals surface area contributed by atoms with Gasteiger partial charge in [-0.15, -0.1) is 0 Å². The third-order valence-corrected chi connectivity index (χ3v) is 4.44. The Hall–Kier alpha value is -4.46. The lowest BCUT2D eigenvalue weighted by Crippen LogP contribution is -2.22. The molecule has 2 aromatic carbocycles. The summed E-state index contributed by atoms with van der Waals surface area (Å²) in [7, 11) is 0. The van der Waals surface area contributed by atoms with Crippen LogP contribution < -0.4 is 15.4 Å². The Morgan fingerprint density at radius 3 is 2.47 bits per heavy atom. The molecule has 0 spiro atoms. The Bertz CT molecular complexity index is 1210. The fourth-order valence-electron chi connectivity index (χ4n) is 2.83. The molecule has 2 N–H and O–H groups in total. The maximum atomic E-state index is 13.0. The summed E-state index contributed by atoms with van der Waals surface area (Å²) in [6.07, 6.45) is 2.99. The normalized spacial score (nSPS) is 10.4. The molecule has 0 aliphatic heterocycles. The van der Waals surface area contributed by atoms with Crippen molar-refractivity contribution in [2.24, 2.45) is 0 Å². The number of hydrogen-bond donors (Lipinski definition) is 2. The lowest BCUT2D eigenvalue weighted by molar-refractivity contribution is 0.0950. The van der Waals surface area contributed by atoms with E-state index in [9.17, 15) is 14.0 Å². The predicted molar refractivity (Wildman–Crippen MR) is 115 cm³/mol. The van der Waals surface area contributed by atoms with E-state index in [0.29, 0.717) is 22.9 Å². The summed E-state index contributed by atoms with van der Waals surface area (Å²) < 4.78 is 23.7. The average molecular weight is 431 g/mol. The van der Waals surface area contributed by atoms with E-state index in [4.69, 9.17) is 9.15 Å². The second-order valence-electron chi connectivity index (χ2n) is 6.75. The van der Waals surface area contributed by atoms with E-state index in [1.54, 1.807) is 54.7 Å². The summed E-state index contributed by atoms with van der Waals surface area (Å²) >= 11 is 0. The number of nitrogens with one attached hydrogen (secondary N) is 2. The van der Waals surface area contributed by atoms with Gasteiger partial charge in [-0.25, -0.2) is 9.37 Å². The first kappa shape index (κ1) is 20.8. The predicted octanol–water partition coefficient (Wildman–Crippen LogP) is 4.79. The minimum atomic E-state index is -0.372. The molecule has 2 aromatic heterocycles. The summed E-state index contributed by atoms with van der Waals surface area (Å²) in [4.78, 5) is 28.6. The topological polar surface area (TPSA) is 93.5 Å². The Balaban J connectivity index is 1.32. The van der Waals surface area contributed by atoms with Gasteiger partial charge in [0.05, 0.1) is 6.26 Å². The largest absolute Gasteiger partial charge is 0.459 e. The van der Waals surface area contributed by atoms with Crippen LogP contribution in [0.1, 0.15) is 26.5 Å². The van der Waals surface area contributed by atoms with Crippen molar-refractivity contribution in [3.8, 4) is 11.6 Å². The first-order chi connectivity index (χ1) is 15.6. The fourth-order valence-corrected chi connectivity index (χ4v) is 2.83. The molecule has 160 valence electrons. The highest BCUT2D eigenvalue weighted by Crippen LogP contribution is 2.20. The quantitative estimate of drug-likeness (QED) is 0.439. The van der Waals surface area contributed by atoms with E-state index in [1.807, 2.05) is 0 Å². The smallest absolute Gasteiger partial charge is 0.291 e. The number of hydrogen-bond acceptors (Lipinski definition) is 5. The van der Waals surface area contributed by atoms with Gasteiger partial charge in [0.2, 0.25) is 5.88 Å². The van der Waals surface area contributed by atoms with Crippen LogP contribution in [0.2, 0.25) is 0 Å². The number of anilines is 1. The molecule has 0 unspecified atom stereocenters. The van der Waals surface area contributed by atoms with E-state index in [2.05, 4.69) is 15.6 Å². The van der Waals surface area contributed by atoms with E-state index >= 15 is 0 Å². The van der Waals surface area contributed by atoms with Crippen molar-refractivity contribution in [2.75, 3.05) is 5.32 Å². The van der Waals surface area contributed by atoms with Gasteiger partial charge in [0.1, 0.15) is 11.6 Å². The van der Waals surface area contributed by atoms with Crippen molar-refractivity contribution in [1.82, 2.24) is 10.3 Å². The molecule has 0 saturated heterocycles. The Morgan fingerprint density at radius 1 is 0.969 bits per heavy atom. The van der Waals surface area contributed by atoms with Crippen molar-refractivity contribution in [2.45, 2.75) is 6.54 Å². The van der Waals surface area contributed by atoms with Gasteiger partial charge in [0, 0.05) is 30.1 Å². The molecular formula is C24H18FN3O4. The summed E-state index contributed by atoms with van der Waals surface area (Å²) in [5.41, 5.74) is 1.77. The van der Waals surface area contributed by atoms with Crippen molar-refractivity contribution < 1.29 is 23.1 Å². The van der Waals surface area contributed by atoms with Gasteiger partial charge < -0.3 is 19.8 Å². The Labute approximate surface area is 182 Å². The molecule has 4 rings (SSSR count). The molecule has 0 saturated carbocycles. The van der Waals surface area contributed by atoms with Crippen LogP contribution in [0.25, 0.3) is 0 Å². The van der Waals surface area contributed by atoms with Crippen LogP contribution in [0.4, 0.5) is 10.1 Å². The van der Waals surface area contributed by atoms with Crippen LogP contribution in [0, 0.1) is 5.82 Å². The van der Waals surface area contributed by atoms with Crippen molar-refractivity contribution in [1.29, 1.82) is 0 Å². The van der Waals surface area contributed by atoms with Crippen molar-refractivity contribution in [3.05, 3.63) is 108 Å². The number of halogens is 1. The van der Waals surface area contributed by atoms with Crippen LogP contribution in [0.15, 0.2) is 89.7 Å². The summed E-state index contributed by atoms with van der Waals surface area (Å²) in [5.74, 6) is -0.00347. The summed E-state index contributed by atoms with van der Waals surface area (Å²) in [6, 6.07) is 18.7. The van der Waals surface area contributed by atoms with Crippen molar-refractivity contribution in [3.63, 3.8) is 0 Å². The second kappa shape index (κ2) is 9.57. The van der Waals surface area contributed by atoms with Gasteiger partial charge in [-0.3, -0.25) is 9.59 Å². The molecule has 8 heteroatoms. The number of carbonyl (C=O) groups excluding carboxylic acids is 2. The van der Waals surface area contributed by atoms with Gasteiger partial charge in [-0.2, -0.15) is 0 Å². The summed E-state index contributed by atoms with van der Waals surface area (Å²) in [5, 5.41) is 5.51. The molecule has 2 heterocycles. The number of benzene rings is 2. The number of nitrogens with zero attached hydrogens (tertiary/aromatic N) is 1. The van der Waals surface area contributed by atoms with Crippen molar-refractivity contribution >= 4 is 17.5 Å². The van der Waals surface area contributed by atoms with Crippen LogP contribution in [-0.4, -0.2) is 16.8 Å². The molecule has 0 aliphatic carbocycles. The second-order valence-corrected chi connectivity index (χ2v) is 6.75. The highest BCUT2D eigenvalue weighted by Gasteiger charge is 2.10. The first-order valence-corrected chi connectivity index (χ1v) is 9.68. The number of aromatic nitrogens is 1. The number of furan rings is 1. The number of ether oxygens (including phenoxy) is 1. The highest BCUT2D eigenvalue weighted by atomic mass is 19.1. The van der Waals surface area contributed by atoms with Gasteiger partial charge >= 0.3 is 0 Å².